The molecule has 2 heterocycles. The number of amidine groups is 1. The van der Waals surface area contributed by atoms with Gasteiger partial charge in [-0.1, -0.05) is 43.4 Å². The third-order valence-electron chi connectivity index (χ3n) is 7.00. The molecule has 40 heavy (non-hydrogen) atoms. The van der Waals surface area contributed by atoms with Crippen LogP contribution in [0.15, 0.2) is 83.6 Å². The molecule has 0 aliphatic carbocycles. The zero-order chi connectivity index (χ0) is 29.3. The normalized spacial score (nSPS) is 18.1. The Kier molecular flexibility index (Phi) is 14.6. The van der Waals surface area contributed by atoms with Crippen molar-refractivity contribution in [3.8, 4) is 12.8 Å². The minimum absolute atomic E-state index is 0.0569. The van der Waals surface area contributed by atoms with Gasteiger partial charge in [0.05, 0.1) is 11.4 Å². The van der Waals surface area contributed by atoms with Crippen LogP contribution in [-0.4, -0.2) is 75.2 Å². The highest BCUT2D eigenvalue weighted by Gasteiger charge is 2.22. The molecule has 1 saturated heterocycles. The van der Waals surface area contributed by atoms with E-state index in [2.05, 4.69) is 112 Å². The van der Waals surface area contributed by atoms with Crippen molar-refractivity contribution < 1.29 is 0 Å². The lowest BCUT2D eigenvalue weighted by Crippen LogP contribution is -2.44. The quantitative estimate of drug-likeness (QED) is 0.0926. The number of nitrogens with two attached hydrogens (primary N) is 1. The molecule has 1 fully saturated rings. The summed E-state index contributed by atoms with van der Waals surface area (Å²) in [5, 5.41) is 10.6. The van der Waals surface area contributed by atoms with Crippen LogP contribution in [0.2, 0.25) is 0 Å². The summed E-state index contributed by atoms with van der Waals surface area (Å²) in [7, 11) is 4.01. The van der Waals surface area contributed by atoms with Gasteiger partial charge >= 0.3 is 0 Å². The number of allylic oxidation sites excluding steroid dienone is 4. The van der Waals surface area contributed by atoms with Gasteiger partial charge in [-0.05, 0) is 75.7 Å². The first kappa shape index (κ1) is 32.6. The average Bonchev–Trinajstić information content (AvgIpc) is 3.41. The van der Waals surface area contributed by atoms with Gasteiger partial charge in [-0.3, -0.25) is 9.89 Å². The molecule has 0 aromatic heterocycles. The Bertz CT molecular complexity index is 1100. The fraction of sp³-hybridized carbons (Fsp3) is 0.424. The van der Waals surface area contributed by atoms with Gasteiger partial charge in [-0.2, -0.15) is 0 Å². The van der Waals surface area contributed by atoms with Crippen LogP contribution in [0, 0.1) is 12.8 Å². The van der Waals surface area contributed by atoms with Gasteiger partial charge in [0.25, 0.3) is 0 Å². The van der Waals surface area contributed by atoms with E-state index in [9.17, 15) is 0 Å². The number of hydrogen-bond donors (Lipinski definition) is 4. The Morgan fingerprint density at radius 1 is 1.07 bits per heavy atom. The standard InChI is InChI=1S/C31H47N7.C2H2/c1-6-10-27(16-18-38-21-19-37(5)20-22-38)34-31(33-4)26-14-15-28-29(23-26)36-30(35-28)25(3)13-12-24(2)11-8-7-9-17-32;1-2/h6,10,12-16,23,30,35-36H,2-3,7-9,11,17-22,32H2,1,4-5H3,(H,33,34);1-2H/b10-6-,13-12-,27-16+;. The SMILES string of the molecule is C#C.C=C(/C=C\C(=C)C1Nc2ccc(C(=NC)NC(/C=C\C)=C/CN3CCN(C)CC3)cc2N1)CCCCCN. The van der Waals surface area contributed by atoms with E-state index in [0.29, 0.717) is 0 Å². The predicted molar refractivity (Wildman–Crippen MR) is 175 cm³/mol. The number of nitrogens with one attached hydrogen (secondary N) is 3. The fourth-order valence-corrected chi connectivity index (χ4v) is 4.54. The molecule has 3 rings (SSSR count). The van der Waals surface area contributed by atoms with Gasteiger partial charge < -0.3 is 26.6 Å². The fourth-order valence-electron chi connectivity index (χ4n) is 4.54. The number of fused-ring (bicyclic) bond motifs is 1. The maximum atomic E-state index is 5.58. The van der Waals surface area contributed by atoms with Crippen LogP contribution in [0.25, 0.3) is 0 Å². The third kappa shape index (κ3) is 10.5. The molecule has 0 radical (unpaired) electrons. The Balaban J connectivity index is 0.00000274. The summed E-state index contributed by atoms with van der Waals surface area (Å²) in [5.74, 6) is 0.838. The number of benzene rings is 1. The lowest BCUT2D eigenvalue weighted by atomic mass is 10.1. The van der Waals surface area contributed by atoms with E-state index in [1.54, 1.807) is 0 Å². The molecule has 5 N–H and O–H groups in total. The number of rotatable bonds is 13. The lowest BCUT2D eigenvalue weighted by Gasteiger charge is -2.31. The van der Waals surface area contributed by atoms with Crippen molar-refractivity contribution in [1.29, 1.82) is 0 Å². The zero-order valence-electron chi connectivity index (χ0n) is 24.8. The summed E-state index contributed by atoms with van der Waals surface area (Å²) < 4.78 is 0. The first-order chi connectivity index (χ1) is 19.4. The Hall–Kier alpha value is -3.57. The van der Waals surface area contributed by atoms with E-state index in [1.165, 1.54) is 0 Å². The summed E-state index contributed by atoms with van der Waals surface area (Å²) in [6.45, 7) is 16.6. The number of nitrogens with zero attached hydrogens (tertiary/aromatic N) is 3. The first-order valence-electron chi connectivity index (χ1n) is 14.2. The van der Waals surface area contributed by atoms with Crippen molar-refractivity contribution in [2.75, 3.05) is 64.0 Å². The molecule has 0 amide bonds. The van der Waals surface area contributed by atoms with E-state index >= 15 is 0 Å². The Morgan fingerprint density at radius 3 is 2.48 bits per heavy atom. The second-order valence-corrected chi connectivity index (χ2v) is 10.1. The van der Waals surface area contributed by atoms with Crippen LogP contribution in [0.1, 0.15) is 38.2 Å². The van der Waals surface area contributed by atoms with Gasteiger partial charge in [-0.15, -0.1) is 12.8 Å². The van der Waals surface area contributed by atoms with Crippen LogP contribution in [0.5, 0.6) is 0 Å². The highest BCUT2D eigenvalue weighted by molar-refractivity contribution is 6.02. The second-order valence-electron chi connectivity index (χ2n) is 10.1. The third-order valence-corrected chi connectivity index (χ3v) is 7.00. The predicted octanol–water partition coefficient (Wildman–Crippen LogP) is 4.96. The van der Waals surface area contributed by atoms with Gasteiger partial charge in [0.2, 0.25) is 0 Å². The highest BCUT2D eigenvalue weighted by Crippen LogP contribution is 2.32. The van der Waals surface area contributed by atoms with Gasteiger partial charge in [-0.25, -0.2) is 0 Å². The van der Waals surface area contributed by atoms with E-state index in [-0.39, 0.29) is 6.17 Å². The van der Waals surface area contributed by atoms with Crippen molar-refractivity contribution in [1.82, 2.24) is 15.1 Å². The largest absolute Gasteiger partial charge is 0.360 e. The summed E-state index contributed by atoms with van der Waals surface area (Å²) in [6.07, 6.45) is 22.8. The minimum atomic E-state index is -0.0569. The molecular weight excluding hydrogens is 494 g/mol. The molecule has 2 aliphatic heterocycles. The van der Waals surface area contributed by atoms with Crippen LogP contribution in [0.4, 0.5) is 11.4 Å². The molecule has 0 spiro atoms. The molecule has 1 aromatic rings. The topological polar surface area (TPSA) is 81.0 Å². The molecule has 1 unspecified atom stereocenters. The van der Waals surface area contributed by atoms with Gasteiger partial charge in [0.15, 0.2) is 0 Å². The van der Waals surface area contributed by atoms with Gasteiger partial charge in [0, 0.05) is 51.0 Å². The molecule has 216 valence electrons. The van der Waals surface area contributed by atoms with Crippen molar-refractivity contribution in [3.63, 3.8) is 0 Å². The lowest BCUT2D eigenvalue weighted by molar-refractivity contribution is 0.166. The first-order valence-corrected chi connectivity index (χ1v) is 14.2. The number of terminal acetylenes is 1. The van der Waals surface area contributed by atoms with Crippen molar-refractivity contribution in [3.05, 3.63) is 84.1 Å². The average molecular weight is 544 g/mol. The number of aliphatic imine (C=N–C) groups is 1. The number of unbranched alkanes of at least 4 members (excludes halogenated alkanes) is 2. The maximum absolute atomic E-state index is 5.58. The molecule has 1 aromatic carbocycles. The number of hydrogen-bond acceptors (Lipinski definition) is 6. The second kappa shape index (κ2) is 17.9. The van der Waals surface area contributed by atoms with Crippen LogP contribution < -0.4 is 21.7 Å². The Labute approximate surface area is 242 Å². The van der Waals surface area contributed by atoms with Gasteiger partial charge in [0.1, 0.15) is 12.0 Å². The monoisotopic (exact) mass is 543 g/mol. The van der Waals surface area contributed by atoms with Crippen molar-refractivity contribution >= 4 is 17.2 Å². The summed E-state index contributed by atoms with van der Waals surface area (Å²) >= 11 is 0. The summed E-state index contributed by atoms with van der Waals surface area (Å²) in [6, 6.07) is 6.33. The summed E-state index contributed by atoms with van der Waals surface area (Å²) in [4.78, 5) is 9.43. The van der Waals surface area contributed by atoms with Crippen LogP contribution in [-0.2, 0) is 0 Å². The highest BCUT2D eigenvalue weighted by atomic mass is 15.2. The maximum Gasteiger partial charge on any atom is 0.132 e. The molecule has 0 bridgehead atoms. The van der Waals surface area contributed by atoms with E-state index < -0.39 is 0 Å². The minimum Gasteiger partial charge on any atom is -0.360 e. The molecule has 1 atom stereocenters. The van der Waals surface area contributed by atoms with Crippen molar-refractivity contribution in [2.24, 2.45) is 10.7 Å². The number of piperazine rings is 1. The molecule has 0 saturated carbocycles. The molecular formula is C33H49N7. The zero-order valence-corrected chi connectivity index (χ0v) is 24.8. The van der Waals surface area contributed by atoms with E-state index in [4.69, 9.17) is 5.73 Å². The molecule has 2 aliphatic rings. The number of likely N-dealkylation sites (N-methyl/N-ethyl adjacent to an activating group) is 1. The summed E-state index contributed by atoms with van der Waals surface area (Å²) in [5.41, 5.74) is 11.9. The Morgan fingerprint density at radius 2 is 1.80 bits per heavy atom. The number of anilines is 2. The molecule has 7 heteroatoms. The molecule has 7 nitrogen and oxygen atoms in total. The van der Waals surface area contributed by atoms with Crippen LogP contribution in [0.3, 0.4) is 0 Å². The smallest absolute Gasteiger partial charge is 0.132 e. The van der Waals surface area contributed by atoms with Crippen molar-refractivity contribution in [2.45, 2.75) is 38.8 Å². The van der Waals surface area contributed by atoms with Crippen LogP contribution >= 0.6 is 0 Å². The van der Waals surface area contributed by atoms with E-state index in [1.807, 2.05) is 14.0 Å². The van der Waals surface area contributed by atoms with E-state index in [0.717, 1.165) is 105 Å².